The van der Waals surface area contributed by atoms with Crippen molar-refractivity contribution in [1.82, 2.24) is 9.78 Å². The molecule has 0 saturated heterocycles. The van der Waals surface area contributed by atoms with Gasteiger partial charge in [0.05, 0.1) is 14.2 Å². The molecule has 16 heavy (non-hydrogen) atoms. The summed E-state index contributed by atoms with van der Waals surface area (Å²) in [6.07, 6.45) is 0. The molecule has 0 fully saturated rings. The summed E-state index contributed by atoms with van der Waals surface area (Å²) < 4.78 is 10.9. The first-order valence-electron chi connectivity index (χ1n) is 3.93. The molecule has 0 amide bonds. The van der Waals surface area contributed by atoms with Crippen LogP contribution in [0.4, 0.5) is 0 Å². The standard InChI is InChI=1S/C6H11Cl2N2O4PS/c1-10-5(8)4(7)6(9-10)15(11,12)16(13-2)14-3/h11-12H,1-3H3. The van der Waals surface area contributed by atoms with Gasteiger partial charge >= 0.3 is 0 Å². The van der Waals surface area contributed by atoms with Crippen molar-refractivity contribution in [2.24, 2.45) is 7.05 Å². The Hall–Kier alpha value is 0.410. The summed E-state index contributed by atoms with van der Waals surface area (Å²) in [5.41, 5.74) is -0.103. The summed E-state index contributed by atoms with van der Waals surface area (Å²) in [7, 11) is 2.63. The van der Waals surface area contributed by atoms with Gasteiger partial charge in [-0.1, -0.05) is 23.2 Å². The Labute approximate surface area is 105 Å². The fourth-order valence-corrected chi connectivity index (χ4v) is 5.21. The van der Waals surface area contributed by atoms with Crippen molar-refractivity contribution in [3.63, 3.8) is 0 Å². The Morgan fingerprint density at radius 3 is 2.12 bits per heavy atom. The van der Waals surface area contributed by atoms with E-state index in [0.717, 1.165) is 0 Å². The molecule has 0 aliphatic heterocycles. The maximum atomic E-state index is 9.97. The second-order valence-corrected chi connectivity index (χ2v) is 8.42. The Morgan fingerprint density at radius 2 is 1.81 bits per heavy atom. The lowest BCUT2D eigenvalue weighted by Crippen LogP contribution is -2.14. The third-order valence-electron chi connectivity index (χ3n) is 1.68. The van der Waals surface area contributed by atoms with Gasteiger partial charge in [0.1, 0.15) is 20.8 Å². The second-order valence-electron chi connectivity index (χ2n) is 2.65. The molecule has 1 aromatic rings. The highest BCUT2D eigenvalue weighted by atomic mass is 35.5. The van der Waals surface area contributed by atoms with E-state index in [9.17, 15) is 9.79 Å². The fourth-order valence-electron chi connectivity index (χ4n) is 0.997. The molecule has 0 aliphatic carbocycles. The van der Waals surface area contributed by atoms with E-state index in [1.54, 1.807) is 0 Å². The Balaban J connectivity index is 3.48. The third kappa shape index (κ3) is 2.47. The molecule has 94 valence electrons. The van der Waals surface area contributed by atoms with Gasteiger partial charge in [0.25, 0.3) is 0 Å². The Kier molecular flexibility index (Phi) is 4.86. The predicted molar refractivity (Wildman–Crippen MR) is 65.6 cm³/mol. The van der Waals surface area contributed by atoms with Crippen LogP contribution in [0.3, 0.4) is 0 Å². The van der Waals surface area contributed by atoms with Gasteiger partial charge in [0.15, 0.2) is 5.44 Å². The Bertz CT molecular complexity index is 452. The average molecular weight is 309 g/mol. The van der Waals surface area contributed by atoms with Crippen LogP contribution in [-0.4, -0.2) is 33.8 Å². The first-order chi connectivity index (χ1) is 7.36. The van der Waals surface area contributed by atoms with E-state index in [2.05, 4.69) is 5.10 Å². The minimum absolute atomic E-state index is 0.00546. The van der Waals surface area contributed by atoms with Crippen molar-refractivity contribution >= 4 is 45.8 Å². The molecular formula is C6H11Cl2N2O4PS. The van der Waals surface area contributed by atoms with Crippen molar-refractivity contribution in [3.8, 4) is 0 Å². The van der Waals surface area contributed by atoms with Crippen LogP contribution >= 0.6 is 29.7 Å². The van der Waals surface area contributed by atoms with Gasteiger partial charge in [-0.3, -0.25) is 13.0 Å². The van der Waals surface area contributed by atoms with E-state index in [-0.39, 0.29) is 15.6 Å². The van der Waals surface area contributed by atoms with Gasteiger partial charge in [-0.15, -0.1) is 0 Å². The van der Waals surface area contributed by atoms with Gasteiger partial charge in [-0.2, -0.15) is 5.10 Å². The van der Waals surface area contributed by atoms with Gasteiger partial charge in [-0.05, 0) is 0 Å². The van der Waals surface area contributed by atoms with Gasteiger partial charge in [0.2, 0.25) is 6.49 Å². The van der Waals surface area contributed by atoms with E-state index in [1.165, 1.54) is 25.9 Å². The van der Waals surface area contributed by atoms with E-state index >= 15 is 0 Å². The van der Waals surface area contributed by atoms with Crippen LogP contribution in [-0.2, 0) is 26.0 Å². The lowest BCUT2D eigenvalue weighted by Gasteiger charge is -2.14. The summed E-state index contributed by atoms with van der Waals surface area (Å²) in [6, 6.07) is 0. The monoisotopic (exact) mass is 308 g/mol. The minimum atomic E-state index is -3.71. The van der Waals surface area contributed by atoms with Crippen molar-refractivity contribution in [2.45, 2.75) is 0 Å². The normalized spacial score (nSPS) is 12.5. The number of hydrogen-bond donors (Lipinski definition) is 2. The number of aryl methyl sites for hydroxylation is 1. The number of aromatic nitrogens is 2. The molecule has 2 N–H and O–H groups in total. The molecule has 10 heteroatoms. The van der Waals surface area contributed by atoms with Crippen molar-refractivity contribution in [3.05, 3.63) is 10.2 Å². The zero-order chi connectivity index (χ0) is 12.5. The summed E-state index contributed by atoms with van der Waals surface area (Å²) in [5.74, 6) is 0. The average Bonchev–Trinajstić information content (AvgIpc) is 2.48. The molecule has 0 bridgehead atoms. The fraction of sp³-hybridized carbons (Fsp3) is 0.500. The SMILES string of the molecule is COS(OC)=P(O)(O)c1nn(C)c(Cl)c1Cl. The quantitative estimate of drug-likeness (QED) is 0.809. The molecule has 0 aliphatic rings. The van der Waals surface area contributed by atoms with E-state index < -0.39 is 17.1 Å². The molecular weight excluding hydrogens is 298 g/mol. The summed E-state index contributed by atoms with van der Waals surface area (Å²) in [4.78, 5) is 19.9. The molecule has 6 nitrogen and oxygen atoms in total. The van der Waals surface area contributed by atoms with Crippen LogP contribution in [0.25, 0.3) is 0 Å². The third-order valence-corrected chi connectivity index (χ3v) is 7.21. The number of halogens is 2. The molecule has 1 aromatic heterocycles. The van der Waals surface area contributed by atoms with E-state index in [1.807, 2.05) is 0 Å². The number of rotatable bonds is 3. The summed E-state index contributed by atoms with van der Waals surface area (Å²) >= 11 is 11.6. The van der Waals surface area contributed by atoms with Gasteiger partial charge in [0, 0.05) is 7.05 Å². The van der Waals surface area contributed by atoms with Crippen LogP contribution in [0.1, 0.15) is 0 Å². The number of nitrogens with zero attached hydrogens (tertiary/aromatic N) is 2. The highest BCUT2D eigenvalue weighted by Crippen LogP contribution is 2.44. The zero-order valence-electron chi connectivity index (χ0n) is 8.72. The smallest absolute Gasteiger partial charge is 0.247 e. The van der Waals surface area contributed by atoms with Crippen LogP contribution in [0.2, 0.25) is 10.2 Å². The van der Waals surface area contributed by atoms with E-state index in [4.69, 9.17) is 31.6 Å². The van der Waals surface area contributed by atoms with Crippen LogP contribution < -0.4 is 5.44 Å². The highest BCUT2D eigenvalue weighted by molar-refractivity contribution is 8.26. The summed E-state index contributed by atoms with van der Waals surface area (Å²) in [6.45, 7) is -3.71. The predicted octanol–water partition coefficient (Wildman–Crippen LogP) is 0.840. The van der Waals surface area contributed by atoms with Gasteiger partial charge in [-0.25, -0.2) is 0 Å². The molecule has 0 saturated carbocycles. The lowest BCUT2D eigenvalue weighted by molar-refractivity contribution is 0.368. The summed E-state index contributed by atoms with van der Waals surface area (Å²) in [5, 5.41) is 3.97. The first kappa shape index (κ1) is 14.5. The second kappa shape index (κ2) is 5.37. The van der Waals surface area contributed by atoms with Crippen molar-refractivity contribution in [1.29, 1.82) is 0 Å². The Morgan fingerprint density at radius 1 is 1.31 bits per heavy atom. The van der Waals surface area contributed by atoms with Crippen LogP contribution in [0, 0.1) is 0 Å². The zero-order valence-corrected chi connectivity index (χ0v) is 11.9. The molecule has 1 heterocycles. The molecule has 0 spiro atoms. The minimum Gasteiger partial charge on any atom is -0.342 e. The molecule has 0 atom stereocenters. The van der Waals surface area contributed by atoms with Crippen LogP contribution in [0.5, 0.6) is 0 Å². The molecule has 0 aromatic carbocycles. The maximum absolute atomic E-state index is 9.97. The molecule has 0 unspecified atom stereocenters. The first-order valence-corrected chi connectivity index (χ1v) is 8.06. The molecule has 0 radical (unpaired) electrons. The van der Waals surface area contributed by atoms with Crippen LogP contribution in [0.15, 0.2) is 0 Å². The van der Waals surface area contributed by atoms with Gasteiger partial charge < -0.3 is 9.79 Å². The number of hydrogen-bond acceptors (Lipinski definition) is 3. The van der Waals surface area contributed by atoms with Crippen molar-refractivity contribution < 1.29 is 18.2 Å². The van der Waals surface area contributed by atoms with E-state index in [0.29, 0.717) is 0 Å². The topological polar surface area (TPSA) is 76.7 Å². The highest BCUT2D eigenvalue weighted by Gasteiger charge is 2.29. The van der Waals surface area contributed by atoms with Crippen molar-refractivity contribution in [2.75, 3.05) is 14.2 Å². The largest absolute Gasteiger partial charge is 0.342 e. The molecule has 1 rings (SSSR count). The maximum Gasteiger partial charge on any atom is 0.247 e. The lowest BCUT2D eigenvalue weighted by atomic mass is 10.7.